The summed E-state index contributed by atoms with van der Waals surface area (Å²) in [6, 6.07) is 2.18. The van der Waals surface area contributed by atoms with E-state index in [9.17, 15) is 4.79 Å². The van der Waals surface area contributed by atoms with Crippen molar-refractivity contribution >= 4 is 17.7 Å². The lowest BCUT2D eigenvalue weighted by molar-refractivity contribution is -0.124. The first kappa shape index (κ1) is 13.3. The highest BCUT2D eigenvalue weighted by Crippen LogP contribution is 2.06. The van der Waals surface area contributed by atoms with Gasteiger partial charge in [0.15, 0.2) is 0 Å². The normalized spacial score (nSPS) is 14.1. The summed E-state index contributed by atoms with van der Waals surface area (Å²) in [7, 11) is 0. The van der Waals surface area contributed by atoms with Gasteiger partial charge in [0.1, 0.15) is 5.92 Å². The van der Waals surface area contributed by atoms with Crippen molar-refractivity contribution < 1.29 is 4.79 Å². The van der Waals surface area contributed by atoms with Crippen LogP contribution in [0.3, 0.4) is 0 Å². The van der Waals surface area contributed by atoms with Gasteiger partial charge in [-0.05, 0) is 19.6 Å². The van der Waals surface area contributed by atoms with Gasteiger partial charge in [0.2, 0.25) is 5.91 Å². The van der Waals surface area contributed by atoms with Crippen molar-refractivity contribution in [2.45, 2.75) is 32.7 Å². The van der Waals surface area contributed by atoms with Crippen LogP contribution in [0.1, 0.15) is 26.7 Å². The lowest BCUT2D eigenvalue weighted by atomic mass is 10.0. The Labute approximate surface area is 90.3 Å². The number of carbonyl (C=O) groups is 1. The summed E-state index contributed by atoms with van der Waals surface area (Å²) in [5.41, 5.74) is 0. The van der Waals surface area contributed by atoms with Gasteiger partial charge < -0.3 is 5.32 Å². The second kappa shape index (κ2) is 7.69. The van der Waals surface area contributed by atoms with Crippen molar-refractivity contribution in [2.75, 3.05) is 12.0 Å². The van der Waals surface area contributed by atoms with Crippen LogP contribution in [0.25, 0.3) is 0 Å². The lowest BCUT2D eigenvalue weighted by Gasteiger charge is -2.14. The Morgan fingerprint density at radius 3 is 2.71 bits per heavy atom. The molecule has 0 radical (unpaired) electrons. The van der Waals surface area contributed by atoms with Gasteiger partial charge in [0.05, 0.1) is 6.07 Å². The van der Waals surface area contributed by atoms with Crippen LogP contribution in [0.15, 0.2) is 0 Å². The Kier molecular flexibility index (Phi) is 7.31. The Hall–Kier alpha value is -0.690. The van der Waals surface area contributed by atoms with Gasteiger partial charge in [0.25, 0.3) is 0 Å². The van der Waals surface area contributed by atoms with E-state index in [2.05, 4.69) is 5.32 Å². The molecule has 0 aromatic carbocycles. The van der Waals surface area contributed by atoms with Crippen LogP contribution in [0, 0.1) is 17.2 Å². The van der Waals surface area contributed by atoms with Gasteiger partial charge >= 0.3 is 0 Å². The molecule has 0 bridgehead atoms. The average molecular weight is 214 g/mol. The Bertz CT molecular complexity index is 213. The molecule has 0 aromatic heterocycles. The zero-order valence-corrected chi connectivity index (χ0v) is 9.86. The molecule has 0 aliphatic rings. The molecule has 80 valence electrons. The van der Waals surface area contributed by atoms with Gasteiger partial charge in [-0.2, -0.15) is 17.0 Å². The molecule has 0 heterocycles. The van der Waals surface area contributed by atoms with E-state index in [1.807, 2.05) is 26.2 Å². The number of hydrogen-bond donors (Lipinski definition) is 1. The van der Waals surface area contributed by atoms with Crippen LogP contribution in [0.4, 0.5) is 0 Å². The molecule has 3 nitrogen and oxygen atoms in total. The molecule has 4 heteroatoms. The Balaban J connectivity index is 3.98. The summed E-state index contributed by atoms with van der Waals surface area (Å²) < 4.78 is 0. The molecule has 0 aliphatic heterocycles. The van der Waals surface area contributed by atoms with E-state index >= 15 is 0 Å². The van der Waals surface area contributed by atoms with Gasteiger partial charge in [-0.25, -0.2) is 0 Å². The molecular formula is C10H18N2OS. The van der Waals surface area contributed by atoms with Crippen molar-refractivity contribution in [3.8, 4) is 6.07 Å². The van der Waals surface area contributed by atoms with Crippen molar-refractivity contribution in [2.24, 2.45) is 5.92 Å². The monoisotopic (exact) mass is 214 g/mol. The highest BCUT2D eigenvalue weighted by molar-refractivity contribution is 7.98. The largest absolute Gasteiger partial charge is 0.352 e. The van der Waals surface area contributed by atoms with Gasteiger partial charge in [-0.1, -0.05) is 13.3 Å². The Morgan fingerprint density at radius 1 is 1.64 bits per heavy atom. The molecule has 0 aromatic rings. The second-order valence-corrected chi connectivity index (χ2v) is 4.25. The molecule has 0 aliphatic carbocycles. The topological polar surface area (TPSA) is 52.9 Å². The maximum atomic E-state index is 11.5. The zero-order chi connectivity index (χ0) is 11.0. The molecule has 1 amide bonds. The summed E-state index contributed by atoms with van der Waals surface area (Å²) in [5.74, 6) is 0.274. The third-order valence-corrected chi connectivity index (χ3v) is 2.69. The third-order valence-electron chi connectivity index (χ3n) is 1.86. The van der Waals surface area contributed by atoms with Crippen LogP contribution in [0.2, 0.25) is 0 Å². The molecule has 2 atom stereocenters. The van der Waals surface area contributed by atoms with Crippen LogP contribution in [0.5, 0.6) is 0 Å². The first-order valence-corrected chi connectivity index (χ1v) is 6.24. The number of nitriles is 1. The smallest absolute Gasteiger partial charge is 0.237 e. The summed E-state index contributed by atoms with van der Waals surface area (Å²) in [6.45, 7) is 3.93. The van der Waals surface area contributed by atoms with Crippen molar-refractivity contribution in [1.29, 1.82) is 5.26 Å². The van der Waals surface area contributed by atoms with Crippen LogP contribution in [-0.4, -0.2) is 24.0 Å². The van der Waals surface area contributed by atoms with Crippen molar-refractivity contribution in [3.63, 3.8) is 0 Å². The summed E-state index contributed by atoms with van der Waals surface area (Å²) in [4.78, 5) is 11.5. The number of amides is 1. The summed E-state index contributed by atoms with van der Waals surface area (Å²) >= 11 is 1.69. The number of thioether (sulfide) groups is 1. The van der Waals surface area contributed by atoms with E-state index in [1.54, 1.807) is 11.8 Å². The summed E-state index contributed by atoms with van der Waals surface area (Å²) in [5, 5.41) is 11.6. The quantitative estimate of drug-likeness (QED) is 0.733. The molecule has 2 unspecified atom stereocenters. The molecular weight excluding hydrogens is 196 g/mol. The number of hydrogen-bond acceptors (Lipinski definition) is 3. The SMILES string of the molecule is CCCC(C#N)C(=O)NC(C)CSC. The minimum Gasteiger partial charge on any atom is -0.352 e. The number of rotatable bonds is 6. The zero-order valence-electron chi connectivity index (χ0n) is 9.04. The number of nitrogens with zero attached hydrogens (tertiary/aromatic N) is 1. The maximum Gasteiger partial charge on any atom is 0.237 e. The highest BCUT2D eigenvalue weighted by Gasteiger charge is 2.17. The molecule has 0 rings (SSSR count). The number of nitrogens with one attached hydrogen (secondary N) is 1. The van der Waals surface area contributed by atoms with E-state index in [1.165, 1.54) is 0 Å². The molecule has 0 fully saturated rings. The van der Waals surface area contributed by atoms with Crippen LogP contribution in [-0.2, 0) is 4.79 Å². The average Bonchev–Trinajstić information content (AvgIpc) is 2.14. The molecule has 0 saturated heterocycles. The molecule has 0 spiro atoms. The predicted octanol–water partition coefficient (Wildman–Crippen LogP) is 1.79. The van der Waals surface area contributed by atoms with Gasteiger partial charge in [0, 0.05) is 11.8 Å². The lowest BCUT2D eigenvalue weighted by Crippen LogP contribution is -2.38. The molecule has 0 saturated carbocycles. The number of carbonyl (C=O) groups excluding carboxylic acids is 1. The van der Waals surface area contributed by atoms with Gasteiger partial charge in [-0.15, -0.1) is 0 Å². The first-order valence-electron chi connectivity index (χ1n) is 4.84. The van der Waals surface area contributed by atoms with E-state index < -0.39 is 5.92 Å². The fraction of sp³-hybridized carbons (Fsp3) is 0.800. The van der Waals surface area contributed by atoms with E-state index in [0.717, 1.165) is 12.2 Å². The first-order chi connectivity index (χ1) is 6.65. The van der Waals surface area contributed by atoms with Crippen LogP contribution < -0.4 is 5.32 Å². The standard InChI is InChI=1S/C10H18N2OS/c1-4-5-9(6-11)10(13)12-8(2)7-14-3/h8-9H,4-5,7H2,1-3H3,(H,12,13). The maximum absolute atomic E-state index is 11.5. The fourth-order valence-electron chi connectivity index (χ4n) is 1.18. The fourth-order valence-corrected chi connectivity index (χ4v) is 1.76. The van der Waals surface area contributed by atoms with Gasteiger partial charge in [-0.3, -0.25) is 4.79 Å². The Morgan fingerprint density at radius 2 is 2.29 bits per heavy atom. The minimum atomic E-state index is -0.482. The second-order valence-electron chi connectivity index (χ2n) is 3.34. The van der Waals surface area contributed by atoms with Crippen LogP contribution >= 0.6 is 11.8 Å². The van der Waals surface area contributed by atoms with Crippen molar-refractivity contribution in [3.05, 3.63) is 0 Å². The van der Waals surface area contributed by atoms with E-state index in [4.69, 9.17) is 5.26 Å². The van der Waals surface area contributed by atoms with E-state index in [0.29, 0.717) is 6.42 Å². The summed E-state index contributed by atoms with van der Waals surface area (Å²) in [6.07, 6.45) is 3.51. The predicted molar refractivity (Wildman–Crippen MR) is 60.0 cm³/mol. The third kappa shape index (κ3) is 5.13. The minimum absolute atomic E-state index is 0.129. The van der Waals surface area contributed by atoms with E-state index in [-0.39, 0.29) is 11.9 Å². The van der Waals surface area contributed by atoms with Crippen molar-refractivity contribution in [1.82, 2.24) is 5.32 Å². The highest BCUT2D eigenvalue weighted by atomic mass is 32.2. The molecule has 14 heavy (non-hydrogen) atoms. The molecule has 1 N–H and O–H groups in total.